The van der Waals surface area contributed by atoms with E-state index in [1.54, 1.807) is 6.20 Å². The van der Waals surface area contributed by atoms with Gasteiger partial charge in [-0.05, 0) is 56.5 Å². The fourth-order valence-electron chi connectivity index (χ4n) is 4.39. The predicted octanol–water partition coefficient (Wildman–Crippen LogP) is 4.15. The second kappa shape index (κ2) is 8.84. The number of carbonyl (C=O) groups excluding carboxylic acids is 1. The van der Waals surface area contributed by atoms with Gasteiger partial charge in [0.05, 0.1) is 17.4 Å². The third kappa shape index (κ3) is 4.17. The normalized spacial score (nSPS) is 15.2. The van der Waals surface area contributed by atoms with Crippen LogP contribution in [0.1, 0.15) is 39.3 Å². The molecule has 0 atom stereocenters. The quantitative estimate of drug-likeness (QED) is 0.658. The minimum Gasteiger partial charge on any atom is -0.337 e. The molecule has 2 aromatic heterocycles. The van der Waals surface area contributed by atoms with E-state index in [0.29, 0.717) is 0 Å². The Morgan fingerprint density at radius 3 is 2.60 bits per heavy atom. The number of hydrogen-bond acceptors (Lipinski definition) is 3. The summed E-state index contributed by atoms with van der Waals surface area (Å²) in [6.45, 7) is 10.7. The number of hydrogen-bond donors (Lipinski definition) is 0. The molecule has 0 spiro atoms. The summed E-state index contributed by atoms with van der Waals surface area (Å²) < 4.78 is 2.11. The standard InChI is InChI=1S/C25H30N4O/c1-19-8-4-5-9-22(19)18-27-12-7-13-28(15-14-27)25(30)24-16-20(2)29(21(24)3)23-10-6-11-26-17-23/h4-6,8-11,16-17H,7,12-15,18H2,1-3H3. The van der Waals surface area contributed by atoms with Crippen molar-refractivity contribution in [2.24, 2.45) is 0 Å². The molecule has 5 nitrogen and oxygen atoms in total. The molecule has 30 heavy (non-hydrogen) atoms. The van der Waals surface area contributed by atoms with Crippen LogP contribution in [0.3, 0.4) is 0 Å². The molecule has 3 heterocycles. The third-order valence-electron chi connectivity index (χ3n) is 6.10. The maximum atomic E-state index is 13.4. The second-order valence-electron chi connectivity index (χ2n) is 8.18. The first-order valence-corrected chi connectivity index (χ1v) is 10.7. The maximum absolute atomic E-state index is 13.4. The highest BCUT2D eigenvalue weighted by molar-refractivity contribution is 5.96. The van der Waals surface area contributed by atoms with Crippen molar-refractivity contribution in [2.45, 2.75) is 33.7 Å². The van der Waals surface area contributed by atoms with Crippen LogP contribution in [-0.4, -0.2) is 51.4 Å². The zero-order valence-corrected chi connectivity index (χ0v) is 18.1. The molecule has 4 rings (SSSR count). The molecular formula is C25H30N4O. The highest BCUT2D eigenvalue weighted by Crippen LogP contribution is 2.22. The van der Waals surface area contributed by atoms with Gasteiger partial charge in [-0.25, -0.2) is 0 Å². The number of rotatable bonds is 4. The van der Waals surface area contributed by atoms with Gasteiger partial charge in [-0.2, -0.15) is 0 Å². The van der Waals surface area contributed by atoms with Gasteiger partial charge < -0.3 is 9.47 Å². The highest BCUT2D eigenvalue weighted by Gasteiger charge is 2.24. The molecule has 0 radical (unpaired) electrons. The molecule has 0 unspecified atom stereocenters. The van der Waals surface area contributed by atoms with E-state index in [-0.39, 0.29) is 5.91 Å². The van der Waals surface area contributed by atoms with E-state index in [4.69, 9.17) is 0 Å². The van der Waals surface area contributed by atoms with Gasteiger partial charge in [-0.15, -0.1) is 0 Å². The minimum atomic E-state index is 0.135. The van der Waals surface area contributed by atoms with Crippen molar-refractivity contribution >= 4 is 5.91 Å². The van der Waals surface area contributed by atoms with Crippen molar-refractivity contribution in [1.82, 2.24) is 19.4 Å². The van der Waals surface area contributed by atoms with E-state index in [0.717, 1.165) is 61.8 Å². The van der Waals surface area contributed by atoms with Crippen LogP contribution >= 0.6 is 0 Å². The SMILES string of the molecule is Cc1ccccc1CN1CCCN(C(=O)c2cc(C)n(-c3cccnc3)c2C)CC1. The lowest BCUT2D eigenvalue weighted by molar-refractivity contribution is 0.0760. The maximum Gasteiger partial charge on any atom is 0.255 e. The van der Waals surface area contributed by atoms with Gasteiger partial charge in [0, 0.05) is 50.3 Å². The van der Waals surface area contributed by atoms with Crippen molar-refractivity contribution < 1.29 is 4.79 Å². The first kappa shape index (κ1) is 20.4. The van der Waals surface area contributed by atoms with E-state index in [9.17, 15) is 4.79 Å². The van der Waals surface area contributed by atoms with Gasteiger partial charge >= 0.3 is 0 Å². The van der Waals surface area contributed by atoms with Crippen molar-refractivity contribution in [1.29, 1.82) is 0 Å². The molecule has 0 N–H and O–H groups in total. The molecule has 0 saturated carbocycles. The Labute approximate surface area is 179 Å². The van der Waals surface area contributed by atoms with Gasteiger partial charge in [-0.1, -0.05) is 24.3 Å². The second-order valence-corrected chi connectivity index (χ2v) is 8.18. The lowest BCUT2D eigenvalue weighted by Gasteiger charge is -2.22. The smallest absolute Gasteiger partial charge is 0.255 e. The van der Waals surface area contributed by atoms with Gasteiger partial charge in [0.15, 0.2) is 0 Å². The third-order valence-corrected chi connectivity index (χ3v) is 6.10. The number of benzene rings is 1. The molecule has 3 aromatic rings. The van der Waals surface area contributed by atoms with Crippen LogP contribution in [0.15, 0.2) is 54.9 Å². The number of pyridine rings is 1. The van der Waals surface area contributed by atoms with E-state index in [2.05, 4.69) is 45.6 Å². The lowest BCUT2D eigenvalue weighted by atomic mass is 10.1. The number of aryl methyl sites for hydroxylation is 2. The monoisotopic (exact) mass is 402 g/mol. The summed E-state index contributed by atoms with van der Waals surface area (Å²) in [5.41, 5.74) is 6.52. The summed E-state index contributed by atoms with van der Waals surface area (Å²) >= 11 is 0. The minimum absolute atomic E-state index is 0.135. The van der Waals surface area contributed by atoms with E-state index in [1.807, 2.05) is 43.1 Å². The molecule has 1 saturated heterocycles. The Morgan fingerprint density at radius 1 is 1.00 bits per heavy atom. The van der Waals surface area contributed by atoms with Crippen molar-refractivity contribution in [2.75, 3.05) is 26.2 Å². The average Bonchev–Trinajstić information content (AvgIpc) is 2.91. The Kier molecular flexibility index (Phi) is 6.00. The molecule has 1 fully saturated rings. The Bertz CT molecular complexity index is 1020. The topological polar surface area (TPSA) is 41.4 Å². The van der Waals surface area contributed by atoms with Crippen LogP contribution in [0.4, 0.5) is 0 Å². The Balaban J connectivity index is 1.48. The number of carbonyl (C=O) groups is 1. The molecule has 156 valence electrons. The number of amides is 1. The summed E-state index contributed by atoms with van der Waals surface area (Å²) in [6, 6.07) is 14.5. The van der Waals surface area contributed by atoms with Crippen molar-refractivity contribution in [3.05, 3.63) is 82.9 Å². The van der Waals surface area contributed by atoms with Gasteiger partial charge in [-0.3, -0.25) is 14.7 Å². The van der Waals surface area contributed by atoms with Crippen LogP contribution in [-0.2, 0) is 6.54 Å². The summed E-state index contributed by atoms with van der Waals surface area (Å²) in [5, 5.41) is 0. The summed E-state index contributed by atoms with van der Waals surface area (Å²) in [6.07, 6.45) is 4.60. The molecule has 1 aliphatic rings. The zero-order chi connectivity index (χ0) is 21.1. The van der Waals surface area contributed by atoms with Crippen LogP contribution < -0.4 is 0 Å². The predicted molar refractivity (Wildman–Crippen MR) is 120 cm³/mol. The van der Waals surface area contributed by atoms with Gasteiger partial charge in [0.2, 0.25) is 0 Å². The average molecular weight is 403 g/mol. The first-order valence-electron chi connectivity index (χ1n) is 10.7. The molecular weight excluding hydrogens is 372 g/mol. The fourth-order valence-corrected chi connectivity index (χ4v) is 4.39. The van der Waals surface area contributed by atoms with Crippen LogP contribution in [0, 0.1) is 20.8 Å². The van der Waals surface area contributed by atoms with Crippen LogP contribution in [0.5, 0.6) is 0 Å². The van der Waals surface area contributed by atoms with Crippen molar-refractivity contribution in [3.8, 4) is 5.69 Å². The molecule has 1 aromatic carbocycles. The van der Waals surface area contributed by atoms with Gasteiger partial charge in [0.1, 0.15) is 0 Å². The summed E-state index contributed by atoms with van der Waals surface area (Å²) in [4.78, 5) is 22.1. The number of aromatic nitrogens is 2. The van der Waals surface area contributed by atoms with Gasteiger partial charge in [0.25, 0.3) is 5.91 Å². The van der Waals surface area contributed by atoms with E-state index in [1.165, 1.54) is 11.1 Å². The zero-order valence-electron chi connectivity index (χ0n) is 18.1. The summed E-state index contributed by atoms with van der Waals surface area (Å²) in [7, 11) is 0. The number of nitrogens with zero attached hydrogens (tertiary/aromatic N) is 4. The highest BCUT2D eigenvalue weighted by atomic mass is 16.2. The Morgan fingerprint density at radius 2 is 1.83 bits per heavy atom. The first-order chi connectivity index (χ1) is 14.5. The van der Waals surface area contributed by atoms with Crippen molar-refractivity contribution in [3.63, 3.8) is 0 Å². The molecule has 1 amide bonds. The Hall–Kier alpha value is -2.92. The fraction of sp³-hybridized carbons (Fsp3) is 0.360. The largest absolute Gasteiger partial charge is 0.337 e. The molecule has 0 aliphatic carbocycles. The molecule has 5 heteroatoms. The lowest BCUT2D eigenvalue weighted by Crippen LogP contribution is -2.35. The summed E-state index contributed by atoms with van der Waals surface area (Å²) in [5.74, 6) is 0.135. The molecule has 1 aliphatic heterocycles. The van der Waals surface area contributed by atoms with Crippen LogP contribution in [0.2, 0.25) is 0 Å². The van der Waals surface area contributed by atoms with E-state index >= 15 is 0 Å². The van der Waals surface area contributed by atoms with E-state index < -0.39 is 0 Å². The molecule has 0 bridgehead atoms. The van der Waals surface area contributed by atoms with Crippen LogP contribution in [0.25, 0.3) is 5.69 Å².